The summed E-state index contributed by atoms with van der Waals surface area (Å²) < 4.78 is 60.0. The highest BCUT2D eigenvalue weighted by atomic mass is 32.2. The molecule has 1 heterocycles. The highest BCUT2D eigenvalue weighted by Gasteiger charge is 2.31. The molecule has 1 aliphatic heterocycles. The Morgan fingerprint density at radius 2 is 1.82 bits per heavy atom. The Bertz CT molecular complexity index is 600. The molecule has 2 rings (SSSR count). The van der Waals surface area contributed by atoms with Crippen LogP contribution >= 0.6 is 0 Å². The second kappa shape index (κ2) is 6.55. The lowest BCUT2D eigenvalue weighted by atomic mass is 9.94. The molecule has 1 fully saturated rings. The molecule has 1 aromatic carbocycles. The predicted molar refractivity (Wildman–Crippen MR) is 77.6 cm³/mol. The van der Waals surface area contributed by atoms with Gasteiger partial charge in [0, 0.05) is 12.6 Å². The van der Waals surface area contributed by atoms with E-state index < -0.39 is 21.8 Å². The highest BCUT2D eigenvalue weighted by molar-refractivity contribution is 7.89. The molecule has 1 unspecified atom stereocenters. The monoisotopic (exact) mass is 336 g/mol. The molecule has 4 nitrogen and oxygen atoms in total. The minimum absolute atomic E-state index is 0.0576. The van der Waals surface area contributed by atoms with Gasteiger partial charge in [-0.2, -0.15) is 13.2 Å². The summed E-state index contributed by atoms with van der Waals surface area (Å²) in [4.78, 5) is 1.98. The van der Waals surface area contributed by atoms with Gasteiger partial charge in [0.05, 0.1) is 11.3 Å². The second-order valence-electron chi connectivity index (χ2n) is 5.53. The summed E-state index contributed by atoms with van der Waals surface area (Å²) in [6.45, 7) is 1.02. The van der Waals surface area contributed by atoms with E-state index in [1.807, 2.05) is 4.90 Å². The second-order valence-corrected chi connectivity index (χ2v) is 7.27. The zero-order valence-corrected chi connectivity index (χ0v) is 12.8. The van der Waals surface area contributed by atoms with Crippen molar-refractivity contribution < 1.29 is 21.6 Å². The molecule has 0 spiro atoms. The summed E-state index contributed by atoms with van der Waals surface area (Å²) in [5, 5.41) is 5.03. The maximum atomic E-state index is 12.6. The van der Waals surface area contributed by atoms with Crippen molar-refractivity contribution in [1.82, 2.24) is 4.90 Å². The van der Waals surface area contributed by atoms with Crippen LogP contribution < -0.4 is 5.14 Å². The fourth-order valence-corrected chi connectivity index (χ4v) is 3.26. The van der Waals surface area contributed by atoms with Crippen LogP contribution in [-0.4, -0.2) is 32.2 Å². The van der Waals surface area contributed by atoms with Crippen LogP contribution in [0.3, 0.4) is 0 Å². The lowest BCUT2D eigenvalue weighted by Gasteiger charge is -2.36. The van der Waals surface area contributed by atoms with Gasteiger partial charge in [0.1, 0.15) is 0 Å². The number of nitrogens with zero attached hydrogens (tertiary/aromatic N) is 1. The third kappa shape index (κ3) is 4.69. The quantitative estimate of drug-likeness (QED) is 0.919. The molecule has 0 amide bonds. The number of nitrogens with two attached hydrogens (primary N) is 1. The molecule has 0 radical (unpaired) electrons. The van der Waals surface area contributed by atoms with Crippen molar-refractivity contribution in [1.29, 1.82) is 0 Å². The fraction of sp³-hybridized carbons (Fsp3) is 0.571. The molecular weight excluding hydrogens is 317 g/mol. The highest BCUT2D eigenvalue weighted by Crippen LogP contribution is 2.34. The molecule has 1 aliphatic rings. The van der Waals surface area contributed by atoms with Crippen molar-refractivity contribution in [3.8, 4) is 0 Å². The molecule has 0 saturated carbocycles. The number of rotatable bonds is 4. The molecule has 8 heteroatoms. The zero-order chi connectivity index (χ0) is 16.4. The van der Waals surface area contributed by atoms with E-state index in [9.17, 15) is 21.6 Å². The largest absolute Gasteiger partial charge is 0.416 e. The average Bonchev–Trinajstić information content (AvgIpc) is 2.44. The van der Waals surface area contributed by atoms with E-state index in [0.717, 1.165) is 43.5 Å². The summed E-state index contributed by atoms with van der Waals surface area (Å²) in [6, 6.07) is 5.03. The molecule has 124 valence electrons. The fourth-order valence-electron chi connectivity index (χ4n) is 2.77. The van der Waals surface area contributed by atoms with Gasteiger partial charge in [0.15, 0.2) is 0 Å². The van der Waals surface area contributed by atoms with Crippen LogP contribution in [0.5, 0.6) is 0 Å². The van der Waals surface area contributed by atoms with Crippen molar-refractivity contribution in [2.45, 2.75) is 31.5 Å². The third-order valence-electron chi connectivity index (χ3n) is 3.90. The first kappa shape index (κ1) is 17.2. The number of alkyl halides is 3. The maximum Gasteiger partial charge on any atom is 0.416 e. The Morgan fingerprint density at radius 1 is 1.18 bits per heavy atom. The summed E-state index contributed by atoms with van der Waals surface area (Å²) in [6.07, 6.45) is -1.63. The van der Waals surface area contributed by atoms with Crippen LogP contribution in [-0.2, 0) is 16.2 Å². The van der Waals surface area contributed by atoms with Gasteiger partial charge in [-0.05, 0) is 37.1 Å². The average molecular weight is 336 g/mol. The molecule has 1 saturated heterocycles. The predicted octanol–water partition coefficient (Wildman–Crippen LogP) is 2.52. The Kier molecular flexibility index (Phi) is 5.14. The van der Waals surface area contributed by atoms with Gasteiger partial charge in [-0.25, -0.2) is 13.6 Å². The van der Waals surface area contributed by atoms with E-state index in [2.05, 4.69) is 0 Å². The minimum atomic E-state index is -4.35. The Morgan fingerprint density at radius 3 is 2.36 bits per heavy atom. The smallest absolute Gasteiger partial charge is 0.295 e. The van der Waals surface area contributed by atoms with Crippen molar-refractivity contribution in [2.75, 3.05) is 18.8 Å². The van der Waals surface area contributed by atoms with Gasteiger partial charge in [0.25, 0.3) is 0 Å². The van der Waals surface area contributed by atoms with E-state index in [1.54, 1.807) is 0 Å². The van der Waals surface area contributed by atoms with E-state index in [-0.39, 0.29) is 11.8 Å². The minimum Gasteiger partial charge on any atom is -0.295 e. The van der Waals surface area contributed by atoms with Crippen LogP contribution in [0, 0.1) is 0 Å². The number of hydrogen-bond donors (Lipinski definition) is 1. The van der Waals surface area contributed by atoms with Gasteiger partial charge in [0.2, 0.25) is 10.0 Å². The van der Waals surface area contributed by atoms with Crippen molar-refractivity contribution >= 4 is 10.0 Å². The van der Waals surface area contributed by atoms with Gasteiger partial charge in [-0.1, -0.05) is 18.6 Å². The van der Waals surface area contributed by atoms with Crippen LogP contribution in [0.1, 0.15) is 36.4 Å². The summed E-state index contributed by atoms with van der Waals surface area (Å²) in [5.74, 6) is -0.149. The van der Waals surface area contributed by atoms with Crippen molar-refractivity contribution in [3.63, 3.8) is 0 Å². The van der Waals surface area contributed by atoms with Crippen LogP contribution in [0.2, 0.25) is 0 Å². The van der Waals surface area contributed by atoms with E-state index in [4.69, 9.17) is 5.14 Å². The summed E-state index contributed by atoms with van der Waals surface area (Å²) in [5.41, 5.74) is 0.102. The molecule has 1 aromatic rings. The SMILES string of the molecule is NS(=O)(=O)CCN1CCCCC1c1ccc(C(F)(F)F)cc1. The Labute approximate surface area is 128 Å². The zero-order valence-electron chi connectivity index (χ0n) is 12.0. The number of halogens is 3. The third-order valence-corrected chi connectivity index (χ3v) is 4.65. The number of likely N-dealkylation sites (tertiary alicyclic amines) is 1. The van der Waals surface area contributed by atoms with E-state index >= 15 is 0 Å². The topological polar surface area (TPSA) is 63.4 Å². The number of hydrogen-bond acceptors (Lipinski definition) is 3. The van der Waals surface area contributed by atoms with Crippen LogP contribution in [0.25, 0.3) is 0 Å². The standard InChI is InChI=1S/C14H19F3N2O2S/c15-14(16,17)12-6-4-11(5-7-12)13-3-1-2-8-19(13)9-10-22(18,20)21/h4-7,13H,1-3,8-10H2,(H2,18,20,21). The van der Waals surface area contributed by atoms with Gasteiger partial charge >= 0.3 is 6.18 Å². The van der Waals surface area contributed by atoms with E-state index in [0.29, 0.717) is 6.54 Å². The number of primary sulfonamides is 1. The van der Waals surface area contributed by atoms with Crippen LogP contribution in [0.4, 0.5) is 13.2 Å². The summed E-state index contributed by atoms with van der Waals surface area (Å²) in [7, 11) is -3.55. The first-order chi connectivity index (χ1) is 10.2. The molecule has 0 aliphatic carbocycles. The number of sulfonamides is 1. The summed E-state index contributed by atoms with van der Waals surface area (Å²) >= 11 is 0. The number of benzene rings is 1. The molecular formula is C14H19F3N2O2S. The Balaban J connectivity index is 2.13. The first-order valence-corrected chi connectivity index (χ1v) is 8.80. The molecule has 1 atom stereocenters. The van der Waals surface area contributed by atoms with Gasteiger partial charge in [-0.15, -0.1) is 0 Å². The van der Waals surface area contributed by atoms with Gasteiger partial charge < -0.3 is 0 Å². The van der Waals surface area contributed by atoms with E-state index in [1.165, 1.54) is 12.1 Å². The van der Waals surface area contributed by atoms with Crippen molar-refractivity contribution in [3.05, 3.63) is 35.4 Å². The molecule has 22 heavy (non-hydrogen) atoms. The first-order valence-electron chi connectivity index (χ1n) is 7.08. The lowest BCUT2D eigenvalue weighted by molar-refractivity contribution is -0.137. The molecule has 0 aromatic heterocycles. The normalized spacial score (nSPS) is 21.0. The van der Waals surface area contributed by atoms with Gasteiger partial charge in [-0.3, -0.25) is 4.90 Å². The lowest BCUT2D eigenvalue weighted by Crippen LogP contribution is -2.38. The Hall–Kier alpha value is -1.12. The van der Waals surface area contributed by atoms with Crippen molar-refractivity contribution in [2.24, 2.45) is 5.14 Å². The number of piperidine rings is 1. The van der Waals surface area contributed by atoms with Crippen LogP contribution in [0.15, 0.2) is 24.3 Å². The molecule has 0 bridgehead atoms. The maximum absolute atomic E-state index is 12.6. The molecule has 2 N–H and O–H groups in total.